The van der Waals surface area contributed by atoms with Gasteiger partial charge in [0.15, 0.2) is 0 Å². The molecule has 0 bridgehead atoms. The van der Waals surface area contributed by atoms with Crippen LogP contribution in [0, 0.1) is 11.8 Å². The highest BCUT2D eigenvalue weighted by Gasteiger charge is 2.07. The minimum absolute atomic E-state index is 0.438. The van der Waals surface area contributed by atoms with E-state index in [-0.39, 0.29) is 0 Å². The summed E-state index contributed by atoms with van der Waals surface area (Å²) >= 11 is 0. The molecule has 3 nitrogen and oxygen atoms in total. The quantitative estimate of drug-likeness (QED) is 0.728. The van der Waals surface area contributed by atoms with Crippen LogP contribution in [-0.4, -0.2) is 10.9 Å². The second-order valence-electron chi connectivity index (χ2n) is 3.34. The van der Waals surface area contributed by atoms with E-state index in [1.807, 2.05) is 12.1 Å². The highest BCUT2D eigenvalue weighted by molar-refractivity contribution is 6.04. The number of hydrogen-bond acceptors (Lipinski definition) is 2. The van der Waals surface area contributed by atoms with Crippen molar-refractivity contribution in [2.24, 2.45) is 5.73 Å². The molecule has 0 unspecified atom stereocenters. The van der Waals surface area contributed by atoms with Gasteiger partial charge in [0.05, 0.1) is 11.1 Å². The molecule has 0 fully saturated rings. The average Bonchev–Trinajstić information content (AvgIpc) is 2.28. The van der Waals surface area contributed by atoms with Crippen molar-refractivity contribution in [1.82, 2.24) is 4.98 Å². The summed E-state index contributed by atoms with van der Waals surface area (Å²) in [7, 11) is 0. The Hall–Kier alpha value is -2.34. The van der Waals surface area contributed by atoms with Crippen molar-refractivity contribution in [2.75, 3.05) is 0 Å². The van der Waals surface area contributed by atoms with Crippen molar-refractivity contribution >= 4 is 16.8 Å². The van der Waals surface area contributed by atoms with Crippen molar-refractivity contribution in [2.45, 2.75) is 6.92 Å². The first kappa shape index (κ1) is 10.2. The molecule has 1 amide bonds. The Morgan fingerprint density at radius 3 is 2.94 bits per heavy atom. The van der Waals surface area contributed by atoms with Gasteiger partial charge in [-0.1, -0.05) is 18.1 Å². The van der Waals surface area contributed by atoms with E-state index in [0.717, 1.165) is 10.9 Å². The maximum atomic E-state index is 11.2. The molecule has 0 saturated heterocycles. The summed E-state index contributed by atoms with van der Waals surface area (Å²) in [4.78, 5) is 15.4. The maximum absolute atomic E-state index is 11.2. The Morgan fingerprint density at radius 1 is 1.44 bits per heavy atom. The molecule has 0 radical (unpaired) electrons. The van der Waals surface area contributed by atoms with Crippen LogP contribution < -0.4 is 5.73 Å². The third-order valence-corrected chi connectivity index (χ3v) is 2.25. The minimum atomic E-state index is -0.465. The standard InChI is InChI=1S/C13H10N2O/c1-2-4-9-7-10-5-3-6-11(13(14)16)12(10)15-8-9/h3,5-8H,1H3,(H2,14,16). The first-order valence-electron chi connectivity index (χ1n) is 4.83. The number of pyridine rings is 1. The van der Waals surface area contributed by atoms with Crippen molar-refractivity contribution < 1.29 is 4.79 Å². The molecule has 1 aromatic heterocycles. The first-order valence-corrected chi connectivity index (χ1v) is 4.83. The molecule has 0 saturated carbocycles. The van der Waals surface area contributed by atoms with E-state index >= 15 is 0 Å². The topological polar surface area (TPSA) is 56.0 Å². The molecule has 78 valence electrons. The van der Waals surface area contributed by atoms with Crippen LogP contribution in [0.4, 0.5) is 0 Å². The number of carbonyl (C=O) groups is 1. The first-order chi connectivity index (χ1) is 7.72. The van der Waals surface area contributed by atoms with Gasteiger partial charge in [0.2, 0.25) is 0 Å². The van der Waals surface area contributed by atoms with Gasteiger partial charge in [-0.2, -0.15) is 0 Å². The van der Waals surface area contributed by atoms with Gasteiger partial charge in [-0.05, 0) is 19.1 Å². The van der Waals surface area contributed by atoms with Crippen LogP contribution in [0.5, 0.6) is 0 Å². The number of fused-ring (bicyclic) bond motifs is 1. The van der Waals surface area contributed by atoms with Gasteiger partial charge < -0.3 is 5.73 Å². The summed E-state index contributed by atoms with van der Waals surface area (Å²) in [6.45, 7) is 1.77. The summed E-state index contributed by atoms with van der Waals surface area (Å²) in [6.07, 6.45) is 1.64. The van der Waals surface area contributed by atoms with Crippen molar-refractivity contribution in [3.05, 3.63) is 41.6 Å². The molecule has 2 N–H and O–H groups in total. The lowest BCUT2D eigenvalue weighted by Gasteiger charge is -2.02. The fourth-order valence-electron chi connectivity index (χ4n) is 1.57. The lowest BCUT2D eigenvalue weighted by atomic mass is 10.1. The van der Waals surface area contributed by atoms with Crippen LogP contribution >= 0.6 is 0 Å². The summed E-state index contributed by atoms with van der Waals surface area (Å²) in [6, 6.07) is 7.23. The molecule has 0 atom stereocenters. The predicted molar refractivity (Wildman–Crippen MR) is 62.8 cm³/mol. The predicted octanol–water partition coefficient (Wildman–Crippen LogP) is 1.71. The molecule has 1 aromatic carbocycles. The van der Waals surface area contributed by atoms with Crippen molar-refractivity contribution in [3.63, 3.8) is 0 Å². The van der Waals surface area contributed by atoms with Crippen LogP contribution in [0.15, 0.2) is 30.5 Å². The fraction of sp³-hybridized carbons (Fsp3) is 0.0769. The van der Waals surface area contributed by atoms with Crippen LogP contribution in [0.25, 0.3) is 10.9 Å². The van der Waals surface area contributed by atoms with Crippen LogP contribution in [0.1, 0.15) is 22.8 Å². The number of aromatic nitrogens is 1. The van der Waals surface area contributed by atoms with E-state index in [0.29, 0.717) is 11.1 Å². The smallest absolute Gasteiger partial charge is 0.250 e. The molecule has 3 heteroatoms. The normalized spacial score (nSPS) is 9.56. The zero-order valence-electron chi connectivity index (χ0n) is 8.82. The Labute approximate surface area is 93.3 Å². The van der Waals surface area contributed by atoms with E-state index in [4.69, 9.17) is 5.73 Å². The Morgan fingerprint density at radius 2 is 2.25 bits per heavy atom. The molecular weight excluding hydrogens is 200 g/mol. The van der Waals surface area contributed by atoms with E-state index in [1.165, 1.54) is 0 Å². The number of benzene rings is 1. The number of nitrogens with zero attached hydrogens (tertiary/aromatic N) is 1. The average molecular weight is 210 g/mol. The molecule has 0 aliphatic rings. The number of nitrogens with two attached hydrogens (primary N) is 1. The van der Waals surface area contributed by atoms with Crippen LogP contribution in [0.2, 0.25) is 0 Å². The number of para-hydroxylation sites is 1. The fourth-order valence-corrected chi connectivity index (χ4v) is 1.57. The second-order valence-corrected chi connectivity index (χ2v) is 3.34. The van der Waals surface area contributed by atoms with Gasteiger partial charge in [0, 0.05) is 17.1 Å². The summed E-state index contributed by atoms with van der Waals surface area (Å²) in [5.74, 6) is 5.26. The highest BCUT2D eigenvalue weighted by atomic mass is 16.1. The summed E-state index contributed by atoms with van der Waals surface area (Å²) in [5.41, 5.74) is 7.16. The number of rotatable bonds is 1. The number of carbonyl (C=O) groups excluding carboxylic acids is 1. The van der Waals surface area contributed by atoms with Crippen LogP contribution in [0.3, 0.4) is 0 Å². The summed E-state index contributed by atoms with van der Waals surface area (Å²) in [5, 5.41) is 0.872. The van der Waals surface area contributed by atoms with Crippen molar-refractivity contribution in [1.29, 1.82) is 0 Å². The molecular formula is C13H10N2O. The van der Waals surface area contributed by atoms with Gasteiger partial charge in [-0.25, -0.2) is 0 Å². The number of primary amides is 1. The summed E-state index contributed by atoms with van der Waals surface area (Å²) < 4.78 is 0. The molecule has 2 aromatic rings. The maximum Gasteiger partial charge on any atom is 0.250 e. The number of amides is 1. The van der Waals surface area contributed by atoms with Gasteiger partial charge in [0.1, 0.15) is 0 Å². The van der Waals surface area contributed by atoms with Crippen molar-refractivity contribution in [3.8, 4) is 11.8 Å². The lowest BCUT2D eigenvalue weighted by Crippen LogP contribution is -2.11. The lowest BCUT2D eigenvalue weighted by molar-refractivity contribution is 0.100. The van der Waals surface area contributed by atoms with E-state index < -0.39 is 5.91 Å². The van der Waals surface area contributed by atoms with Gasteiger partial charge in [-0.15, -0.1) is 5.92 Å². The minimum Gasteiger partial charge on any atom is -0.366 e. The third kappa shape index (κ3) is 1.73. The SMILES string of the molecule is CC#Cc1cnc2c(C(N)=O)cccc2c1. The van der Waals surface area contributed by atoms with Gasteiger partial charge in [-0.3, -0.25) is 9.78 Å². The monoisotopic (exact) mass is 210 g/mol. The third-order valence-electron chi connectivity index (χ3n) is 2.25. The Balaban J connectivity index is 2.71. The van der Waals surface area contributed by atoms with E-state index in [2.05, 4.69) is 16.8 Å². The Kier molecular flexibility index (Phi) is 2.57. The zero-order chi connectivity index (χ0) is 11.5. The van der Waals surface area contributed by atoms with Gasteiger partial charge >= 0.3 is 0 Å². The Bertz CT molecular complexity index is 621. The molecule has 0 aliphatic heterocycles. The van der Waals surface area contributed by atoms with Crippen LogP contribution in [-0.2, 0) is 0 Å². The van der Waals surface area contributed by atoms with E-state index in [9.17, 15) is 4.79 Å². The second kappa shape index (κ2) is 4.03. The number of hydrogen-bond donors (Lipinski definition) is 1. The molecule has 16 heavy (non-hydrogen) atoms. The molecule has 1 heterocycles. The zero-order valence-corrected chi connectivity index (χ0v) is 8.82. The molecule has 2 rings (SSSR count). The highest BCUT2D eigenvalue weighted by Crippen LogP contribution is 2.16. The molecule has 0 spiro atoms. The van der Waals surface area contributed by atoms with Gasteiger partial charge in [0.25, 0.3) is 5.91 Å². The van der Waals surface area contributed by atoms with E-state index in [1.54, 1.807) is 25.3 Å². The molecule has 0 aliphatic carbocycles. The largest absolute Gasteiger partial charge is 0.366 e.